The molecule has 0 aliphatic heterocycles. The predicted molar refractivity (Wildman–Crippen MR) is 80.6 cm³/mol. The molecule has 2 aromatic carbocycles. The van der Waals surface area contributed by atoms with Crippen LogP contribution in [0, 0.1) is 0 Å². The van der Waals surface area contributed by atoms with Crippen molar-refractivity contribution in [2.45, 2.75) is 32.4 Å². The van der Waals surface area contributed by atoms with Gasteiger partial charge >= 0.3 is 6.18 Å². The highest BCUT2D eigenvalue weighted by Crippen LogP contribution is 2.22. The summed E-state index contributed by atoms with van der Waals surface area (Å²) in [5.41, 5.74) is 4.06. The summed E-state index contributed by atoms with van der Waals surface area (Å²) in [5, 5.41) is 0. The molecule has 0 aliphatic rings. The summed E-state index contributed by atoms with van der Waals surface area (Å²) in [6.45, 7) is 2.09. The van der Waals surface area contributed by atoms with Crippen LogP contribution in [0.1, 0.15) is 24.5 Å². The number of aryl methyl sites for hydroxylation is 2. The number of carbonyl (C=O) groups is 1. The number of hydrogen-bond acceptors (Lipinski definition) is 1. The van der Waals surface area contributed by atoms with Crippen molar-refractivity contribution in [3.63, 3.8) is 0 Å². The molecule has 0 unspecified atom stereocenters. The minimum Gasteiger partial charge on any atom is -0.290 e. The molecule has 2 aromatic rings. The Kier molecular flexibility index (Phi) is 5.01. The molecule has 0 saturated carbocycles. The second-order valence-corrected chi connectivity index (χ2v) is 5.17. The topological polar surface area (TPSA) is 17.1 Å². The number of rotatable bonds is 5. The minimum absolute atomic E-state index is 0.105. The molecule has 22 heavy (non-hydrogen) atoms. The summed E-state index contributed by atoms with van der Waals surface area (Å²) in [5.74, 6) is -1.67. The molecule has 1 nitrogen and oxygen atoms in total. The van der Waals surface area contributed by atoms with Crippen LogP contribution in [-0.2, 0) is 17.6 Å². The second-order valence-electron chi connectivity index (χ2n) is 5.17. The molecule has 0 heterocycles. The highest BCUT2D eigenvalue weighted by Gasteiger charge is 2.37. The SMILES string of the molecule is CCc1ccc(-c2ccc(CCC(=O)C(F)(F)F)cc2)cc1. The standard InChI is InChI=1S/C18H17F3O/c1-2-13-3-8-15(9-4-13)16-10-5-14(6-11-16)7-12-17(22)18(19,20)21/h3-6,8-11H,2,7,12H2,1H3. The first-order valence-corrected chi connectivity index (χ1v) is 7.18. The van der Waals surface area contributed by atoms with E-state index in [2.05, 4.69) is 19.1 Å². The van der Waals surface area contributed by atoms with Crippen molar-refractivity contribution in [3.05, 3.63) is 59.7 Å². The molecule has 4 heteroatoms. The van der Waals surface area contributed by atoms with Gasteiger partial charge in [-0.05, 0) is 35.1 Å². The third-order valence-electron chi connectivity index (χ3n) is 3.61. The fourth-order valence-corrected chi connectivity index (χ4v) is 2.20. The van der Waals surface area contributed by atoms with Gasteiger partial charge in [-0.15, -0.1) is 0 Å². The van der Waals surface area contributed by atoms with E-state index in [1.807, 2.05) is 24.3 Å². The van der Waals surface area contributed by atoms with E-state index in [0.717, 1.165) is 23.1 Å². The maximum atomic E-state index is 12.1. The summed E-state index contributed by atoms with van der Waals surface area (Å²) < 4.78 is 36.4. The molecular formula is C18H17F3O. The van der Waals surface area contributed by atoms with E-state index in [1.54, 1.807) is 12.1 Å². The fraction of sp³-hybridized carbons (Fsp3) is 0.278. The Bertz CT molecular complexity index is 625. The van der Waals surface area contributed by atoms with Crippen LogP contribution in [0.3, 0.4) is 0 Å². The van der Waals surface area contributed by atoms with E-state index >= 15 is 0 Å². The first kappa shape index (κ1) is 16.3. The molecule has 0 N–H and O–H groups in total. The average Bonchev–Trinajstić information content (AvgIpc) is 2.52. The predicted octanol–water partition coefficient (Wildman–Crippen LogP) is 4.98. The molecule has 2 rings (SSSR count). The van der Waals surface area contributed by atoms with Crippen molar-refractivity contribution in [2.24, 2.45) is 0 Å². The molecule has 0 fully saturated rings. The van der Waals surface area contributed by atoms with Gasteiger partial charge < -0.3 is 0 Å². The number of hydrogen-bond donors (Lipinski definition) is 0. The van der Waals surface area contributed by atoms with Crippen molar-refractivity contribution in [1.82, 2.24) is 0 Å². The van der Waals surface area contributed by atoms with Gasteiger partial charge in [0.25, 0.3) is 0 Å². The van der Waals surface area contributed by atoms with Crippen LogP contribution in [0.5, 0.6) is 0 Å². The Morgan fingerprint density at radius 1 is 0.864 bits per heavy atom. The average molecular weight is 306 g/mol. The molecule has 0 radical (unpaired) electrons. The van der Waals surface area contributed by atoms with Crippen LogP contribution >= 0.6 is 0 Å². The Morgan fingerprint density at radius 2 is 1.32 bits per heavy atom. The fourth-order valence-electron chi connectivity index (χ4n) is 2.20. The summed E-state index contributed by atoms with van der Waals surface area (Å²) in [4.78, 5) is 10.9. The normalized spacial score (nSPS) is 11.5. The quantitative estimate of drug-likeness (QED) is 0.761. The maximum absolute atomic E-state index is 12.1. The largest absolute Gasteiger partial charge is 0.449 e. The summed E-state index contributed by atoms with van der Waals surface area (Å²) in [6, 6.07) is 15.5. The Hall–Kier alpha value is -2.10. The van der Waals surface area contributed by atoms with Crippen LogP contribution in [0.25, 0.3) is 11.1 Å². The van der Waals surface area contributed by atoms with Crippen LogP contribution in [0.2, 0.25) is 0 Å². The number of benzene rings is 2. The number of Topliss-reactive ketones (excluding diaryl/α,β-unsaturated/α-hetero) is 1. The lowest BCUT2D eigenvalue weighted by atomic mass is 10.00. The minimum atomic E-state index is -4.74. The van der Waals surface area contributed by atoms with Crippen molar-refractivity contribution < 1.29 is 18.0 Å². The summed E-state index contributed by atoms with van der Waals surface area (Å²) in [6.07, 6.45) is -4.16. The molecule has 0 saturated heterocycles. The van der Waals surface area contributed by atoms with Gasteiger partial charge in [0.2, 0.25) is 5.78 Å². The lowest BCUT2D eigenvalue weighted by Gasteiger charge is -2.07. The Labute approximate surface area is 127 Å². The van der Waals surface area contributed by atoms with Crippen molar-refractivity contribution in [3.8, 4) is 11.1 Å². The molecule has 0 spiro atoms. The van der Waals surface area contributed by atoms with Crippen LogP contribution in [0.15, 0.2) is 48.5 Å². The third-order valence-corrected chi connectivity index (χ3v) is 3.61. The lowest BCUT2D eigenvalue weighted by molar-refractivity contribution is -0.171. The van der Waals surface area contributed by atoms with Gasteiger partial charge in [0.05, 0.1) is 0 Å². The van der Waals surface area contributed by atoms with Crippen molar-refractivity contribution >= 4 is 5.78 Å². The third kappa shape index (κ3) is 4.20. The molecule has 0 aromatic heterocycles. The van der Waals surface area contributed by atoms with Gasteiger partial charge in [-0.1, -0.05) is 55.5 Å². The maximum Gasteiger partial charge on any atom is 0.449 e. The van der Waals surface area contributed by atoms with Crippen molar-refractivity contribution in [1.29, 1.82) is 0 Å². The second kappa shape index (κ2) is 6.77. The first-order valence-electron chi connectivity index (χ1n) is 7.18. The molecule has 0 amide bonds. The van der Waals surface area contributed by atoms with Crippen LogP contribution < -0.4 is 0 Å². The van der Waals surface area contributed by atoms with E-state index < -0.39 is 18.4 Å². The van der Waals surface area contributed by atoms with Gasteiger partial charge in [-0.3, -0.25) is 4.79 Å². The molecule has 116 valence electrons. The summed E-state index contributed by atoms with van der Waals surface area (Å²) in [7, 11) is 0. The van der Waals surface area contributed by atoms with E-state index in [-0.39, 0.29) is 6.42 Å². The monoisotopic (exact) mass is 306 g/mol. The van der Waals surface area contributed by atoms with Crippen molar-refractivity contribution in [2.75, 3.05) is 0 Å². The van der Waals surface area contributed by atoms with Gasteiger partial charge in [-0.2, -0.15) is 13.2 Å². The molecule has 0 atom stereocenters. The first-order chi connectivity index (χ1) is 10.4. The zero-order valence-electron chi connectivity index (χ0n) is 12.3. The smallest absolute Gasteiger partial charge is 0.290 e. The molecule has 0 bridgehead atoms. The Balaban J connectivity index is 2.02. The van der Waals surface area contributed by atoms with E-state index in [0.29, 0.717) is 0 Å². The lowest BCUT2D eigenvalue weighted by Crippen LogP contribution is -2.22. The molecular weight excluding hydrogens is 289 g/mol. The molecule has 0 aliphatic carbocycles. The van der Waals surface area contributed by atoms with E-state index in [4.69, 9.17) is 0 Å². The number of halogens is 3. The van der Waals surface area contributed by atoms with Gasteiger partial charge in [0, 0.05) is 6.42 Å². The zero-order valence-corrected chi connectivity index (χ0v) is 12.3. The zero-order chi connectivity index (χ0) is 16.2. The van der Waals surface area contributed by atoms with E-state index in [9.17, 15) is 18.0 Å². The number of ketones is 1. The number of alkyl halides is 3. The Morgan fingerprint density at radius 3 is 1.73 bits per heavy atom. The number of carbonyl (C=O) groups excluding carboxylic acids is 1. The van der Waals surface area contributed by atoms with Gasteiger partial charge in [-0.25, -0.2) is 0 Å². The van der Waals surface area contributed by atoms with Crippen LogP contribution in [-0.4, -0.2) is 12.0 Å². The van der Waals surface area contributed by atoms with Gasteiger partial charge in [0.15, 0.2) is 0 Å². The summed E-state index contributed by atoms with van der Waals surface area (Å²) >= 11 is 0. The van der Waals surface area contributed by atoms with Gasteiger partial charge in [0.1, 0.15) is 0 Å². The highest BCUT2D eigenvalue weighted by atomic mass is 19.4. The highest BCUT2D eigenvalue weighted by molar-refractivity contribution is 5.84. The van der Waals surface area contributed by atoms with Crippen LogP contribution in [0.4, 0.5) is 13.2 Å². The van der Waals surface area contributed by atoms with E-state index in [1.165, 1.54) is 5.56 Å².